The lowest BCUT2D eigenvalue weighted by molar-refractivity contribution is -0.0334. The monoisotopic (exact) mass is 409 g/mol. The molecule has 150 valence electrons. The zero-order valence-corrected chi connectivity index (χ0v) is 16.8. The molecule has 1 atom stereocenters. The summed E-state index contributed by atoms with van der Waals surface area (Å²) in [5, 5.41) is 0. The summed E-state index contributed by atoms with van der Waals surface area (Å²) in [6, 6.07) is 25.6. The average Bonchev–Trinajstić information content (AvgIpc) is 2.75. The highest BCUT2D eigenvalue weighted by Gasteiger charge is 2.26. The zero-order chi connectivity index (χ0) is 20.1. The minimum atomic E-state index is -3.91. The molecule has 0 spiro atoms. The Morgan fingerprint density at radius 3 is 2.31 bits per heavy atom. The van der Waals surface area contributed by atoms with Crippen molar-refractivity contribution in [3.8, 4) is 5.75 Å². The Kier molecular flexibility index (Phi) is 5.94. The molecule has 0 unspecified atom stereocenters. The van der Waals surface area contributed by atoms with Crippen LogP contribution in [0.1, 0.15) is 17.2 Å². The minimum absolute atomic E-state index is 0.130. The number of benzene rings is 3. The van der Waals surface area contributed by atoms with E-state index in [2.05, 4.69) is 17.0 Å². The van der Waals surface area contributed by atoms with E-state index in [0.29, 0.717) is 18.9 Å². The zero-order valence-electron chi connectivity index (χ0n) is 16.0. The van der Waals surface area contributed by atoms with E-state index in [9.17, 15) is 8.42 Å². The van der Waals surface area contributed by atoms with Crippen molar-refractivity contribution < 1.29 is 17.3 Å². The first-order valence-electron chi connectivity index (χ1n) is 9.58. The fourth-order valence-corrected chi connectivity index (χ4v) is 4.43. The molecule has 0 amide bonds. The number of nitrogens with zero attached hydrogens (tertiary/aromatic N) is 1. The third-order valence-corrected chi connectivity index (χ3v) is 6.15. The molecule has 1 saturated heterocycles. The van der Waals surface area contributed by atoms with Crippen molar-refractivity contribution in [1.29, 1.82) is 0 Å². The van der Waals surface area contributed by atoms with E-state index in [4.69, 9.17) is 8.92 Å². The number of ether oxygens (including phenoxy) is 1. The predicted octanol–water partition coefficient (Wildman–Crippen LogP) is 4.03. The normalized spacial score (nSPS) is 17.7. The Morgan fingerprint density at radius 1 is 0.897 bits per heavy atom. The molecule has 5 nitrogen and oxygen atoms in total. The van der Waals surface area contributed by atoms with Crippen LogP contribution in [0.25, 0.3) is 0 Å². The Morgan fingerprint density at radius 2 is 1.55 bits per heavy atom. The van der Waals surface area contributed by atoms with Gasteiger partial charge >= 0.3 is 10.1 Å². The second-order valence-corrected chi connectivity index (χ2v) is 8.51. The third-order valence-electron chi connectivity index (χ3n) is 4.90. The van der Waals surface area contributed by atoms with Gasteiger partial charge in [-0.2, -0.15) is 8.42 Å². The quantitative estimate of drug-likeness (QED) is 0.576. The van der Waals surface area contributed by atoms with Crippen molar-refractivity contribution in [2.75, 3.05) is 19.7 Å². The first kappa shape index (κ1) is 19.6. The summed E-state index contributed by atoms with van der Waals surface area (Å²) >= 11 is 0. The Bertz CT molecular complexity index is 1040. The maximum Gasteiger partial charge on any atom is 0.339 e. The van der Waals surface area contributed by atoms with Gasteiger partial charge in [0.15, 0.2) is 0 Å². The number of para-hydroxylation sites is 1. The maximum absolute atomic E-state index is 12.7. The third kappa shape index (κ3) is 4.85. The van der Waals surface area contributed by atoms with E-state index in [1.54, 1.807) is 30.3 Å². The van der Waals surface area contributed by atoms with Gasteiger partial charge in [0.25, 0.3) is 0 Å². The Labute approximate surface area is 171 Å². The molecule has 4 rings (SSSR count). The molecular weight excluding hydrogens is 386 g/mol. The molecule has 1 heterocycles. The van der Waals surface area contributed by atoms with Crippen LogP contribution < -0.4 is 4.18 Å². The average molecular weight is 410 g/mol. The van der Waals surface area contributed by atoms with Gasteiger partial charge in [-0.05, 0) is 23.8 Å². The van der Waals surface area contributed by atoms with Gasteiger partial charge < -0.3 is 8.92 Å². The van der Waals surface area contributed by atoms with Crippen molar-refractivity contribution in [2.24, 2.45) is 0 Å². The summed E-state index contributed by atoms with van der Waals surface area (Å²) in [6.07, 6.45) is -0.255. The lowest BCUT2D eigenvalue weighted by Crippen LogP contribution is -2.38. The van der Waals surface area contributed by atoms with Gasteiger partial charge in [0.1, 0.15) is 10.6 Å². The largest absolute Gasteiger partial charge is 0.379 e. The van der Waals surface area contributed by atoms with E-state index in [1.807, 2.05) is 30.3 Å². The summed E-state index contributed by atoms with van der Waals surface area (Å²) in [5.41, 5.74) is 1.98. The first-order valence-corrected chi connectivity index (χ1v) is 11.0. The lowest BCUT2D eigenvalue weighted by Gasteiger charge is -2.33. The van der Waals surface area contributed by atoms with Crippen molar-refractivity contribution in [3.05, 3.63) is 96.1 Å². The summed E-state index contributed by atoms with van der Waals surface area (Å²) in [6.45, 7) is 2.90. The maximum atomic E-state index is 12.7. The fourth-order valence-electron chi connectivity index (χ4n) is 3.45. The van der Waals surface area contributed by atoms with E-state index in [0.717, 1.165) is 18.7 Å². The van der Waals surface area contributed by atoms with Crippen molar-refractivity contribution in [3.63, 3.8) is 0 Å². The molecular formula is C23H23NO4S. The second-order valence-electron chi connectivity index (χ2n) is 6.97. The van der Waals surface area contributed by atoms with E-state index < -0.39 is 10.1 Å². The molecule has 29 heavy (non-hydrogen) atoms. The van der Waals surface area contributed by atoms with Crippen LogP contribution in [0.3, 0.4) is 0 Å². The summed E-state index contributed by atoms with van der Waals surface area (Å²) < 4.78 is 36.8. The highest BCUT2D eigenvalue weighted by atomic mass is 32.2. The molecule has 3 aromatic rings. The minimum Gasteiger partial charge on any atom is -0.379 e. The van der Waals surface area contributed by atoms with Crippen LogP contribution >= 0.6 is 0 Å². The van der Waals surface area contributed by atoms with Crippen LogP contribution in [0.5, 0.6) is 5.75 Å². The lowest BCUT2D eigenvalue weighted by atomic mass is 10.1. The number of hydrogen-bond donors (Lipinski definition) is 0. The van der Waals surface area contributed by atoms with Gasteiger partial charge in [0, 0.05) is 25.2 Å². The van der Waals surface area contributed by atoms with Gasteiger partial charge in [-0.15, -0.1) is 0 Å². The molecule has 3 aromatic carbocycles. The van der Waals surface area contributed by atoms with E-state index >= 15 is 0 Å². The van der Waals surface area contributed by atoms with Crippen molar-refractivity contribution in [1.82, 2.24) is 4.90 Å². The van der Waals surface area contributed by atoms with Gasteiger partial charge in [0.2, 0.25) is 0 Å². The molecule has 0 saturated carbocycles. The van der Waals surface area contributed by atoms with Crippen LogP contribution in [-0.4, -0.2) is 33.0 Å². The molecule has 6 heteroatoms. The van der Waals surface area contributed by atoms with Gasteiger partial charge in [0.05, 0.1) is 12.7 Å². The molecule has 0 aliphatic carbocycles. The van der Waals surface area contributed by atoms with Crippen LogP contribution in [0.15, 0.2) is 89.8 Å². The Hall–Kier alpha value is -2.67. The summed E-state index contributed by atoms with van der Waals surface area (Å²) in [5.74, 6) is 0.308. The smallest absolute Gasteiger partial charge is 0.339 e. The van der Waals surface area contributed by atoms with Crippen molar-refractivity contribution in [2.45, 2.75) is 17.5 Å². The van der Waals surface area contributed by atoms with Crippen LogP contribution in [0, 0.1) is 0 Å². The predicted molar refractivity (Wildman–Crippen MR) is 111 cm³/mol. The molecule has 1 aliphatic heterocycles. The second kappa shape index (κ2) is 8.78. The molecule has 1 fully saturated rings. The molecule has 1 aliphatic rings. The van der Waals surface area contributed by atoms with Crippen LogP contribution in [0.4, 0.5) is 0 Å². The number of rotatable bonds is 6. The standard InChI is InChI=1S/C23H23NO4S/c25-29(26,20-11-5-2-6-12-20)28-22-14-8-7-13-21(22)23-18-24(15-16-27-23)17-19-9-3-1-4-10-19/h1-14,23H,15-18H2/t23-/m1/s1. The van der Waals surface area contributed by atoms with E-state index in [-0.39, 0.29) is 11.0 Å². The van der Waals surface area contributed by atoms with Gasteiger partial charge in [-0.1, -0.05) is 66.7 Å². The molecule has 0 N–H and O–H groups in total. The number of hydrogen-bond acceptors (Lipinski definition) is 5. The number of morpholine rings is 1. The molecule has 0 bridgehead atoms. The van der Waals surface area contributed by atoms with Crippen molar-refractivity contribution >= 4 is 10.1 Å². The highest BCUT2D eigenvalue weighted by molar-refractivity contribution is 7.87. The summed E-state index contributed by atoms with van der Waals surface area (Å²) in [4.78, 5) is 2.44. The first-order chi connectivity index (χ1) is 14.1. The molecule has 0 aromatic heterocycles. The van der Waals surface area contributed by atoms with E-state index in [1.165, 1.54) is 17.7 Å². The topological polar surface area (TPSA) is 55.8 Å². The van der Waals surface area contributed by atoms with Crippen LogP contribution in [0.2, 0.25) is 0 Å². The van der Waals surface area contributed by atoms with Gasteiger partial charge in [-0.3, -0.25) is 4.90 Å². The molecule has 0 radical (unpaired) electrons. The fraction of sp³-hybridized carbons (Fsp3) is 0.217. The SMILES string of the molecule is O=S(=O)(Oc1ccccc1[C@H]1CN(Cc2ccccc2)CCO1)c1ccccc1. The summed E-state index contributed by atoms with van der Waals surface area (Å²) in [7, 11) is -3.91. The van der Waals surface area contributed by atoms with Gasteiger partial charge in [-0.25, -0.2) is 0 Å². The Balaban J connectivity index is 1.53. The highest BCUT2D eigenvalue weighted by Crippen LogP contribution is 2.32. The van der Waals surface area contributed by atoms with Crippen LogP contribution in [-0.2, 0) is 21.4 Å².